The highest BCUT2D eigenvalue weighted by Gasteiger charge is 2.40. The van der Waals surface area contributed by atoms with Crippen LogP contribution in [-0.4, -0.2) is 18.4 Å². The van der Waals surface area contributed by atoms with E-state index in [1.54, 1.807) is 24.3 Å². The van der Waals surface area contributed by atoms with Gasteiger partial charge in [0.25, 0.3) is 11.8 Å². The summed E-state index contributed by atoms with van der Waals surface area (Å²) >= 11 is 0. The first-order valence-electron chi connectivity index (χ1n) is 10.8. The van der Waals surface area contributed by atoms with E-state index < -0.39 is 17.6 Å². The van der Waals surface area contributed by atoms with Crippen molar-refractivity contribution in [2.24, 2.45) is 0 Å². The molecule has 0 fully saturated rings. The number of carbonyl (C=O) groups excluding carboxylic acids is 2. The molecule has 0 unspecified atom stereocenters. The fourth-order valence-corrected chi connectivity index (χ4v) is 3.79. The summed E-state index contributed by atoms with van der Waals surface area (Å²) in [6.45, 7) is 6.45. The van der Waals surface area contributed by atoms with Crippen molar-refractivity contribution in [3.63, 3.8) is 0 Å². The predicted octanol–water partition coefficient (Wildman–Crippen LogP) is 5.63. The molecule has 0 radical (unpaired) electrons. The number of rotatable bonds is 7. The van der Waals surface area contributed by atoms with Crippen LogP contribution in [0.4, 0.5) is 15.8 Å². The lowest BCUT2D eigenvalue weighted by atomic mass is 10.0. The molecule has 0 saturated carbocycles. The van der Waals surface area contributed by atoms with Crippen LogP contribution >= 0.6 is 0 Å². The molecule has 33 heavy (non-hydrogen) atoms. The van der Waals surface area contributed by atoms with Crippen LogP contribution in [0.15, 0.2) is 72.4 Å². The molecule has 1 aliphatic heterocycles. The summed E-state index contributed by atoms with van der Waals surface area (Å²) in [6.07, 6.45) is 0.839. The molecular formula is C27H25FN2O3. The van der Waals surface area contributed by atoms with Gasteiger partial charge in [0.2, 0.25) is 0 Å². The topological polar surface area (TPSA) is 58.6 Å². The Morgan fingerprint density at radius 2 is 1.70 bits per heavy atom. The van der Waals surface area contributed by atoms with E-state index in [9.17, 15) is 14.0 Å². The average molecular weight is 445 g/mol. The van der Waals surface area contributed by atoms with Gasteiger partial charge in [-0.05, 0) is 61.7 Å². The van der Waals surface area contributed by atoms with E-state index in [2.05, 4.69) is 5.32 Å². The van der Waals surface area contributed by atoms with Crippen molar-refractivity contribution in [3.05, 3.63) is 94.9 Å². The Morgan fingerprint density at radius 3 is 2.39 bits per heavy atom. The van der Waals surface area contributed by atoms with Gasteiger partial charge in [0.1, 0.15) is 17.3 Å². The molecule has 0 bridgehead atoms. The van der Waals surface area contributed by atoms with E-state index in [-0.39, 0.29) is 11.3 Å². The van der Waals surface area contributed by atoms with E-state index in [0.717, 1.165) is 28.1 Å². The molecule has 0 spiro atoms. The second kappa shape index (κ2) is 9.28. The minimum atomic E-state index is -0.480. The summed E-state index contributed by atoms with van der Waals surface area (Å²) in [5.41, 5.74) is 3.97. The molecule has 0 aliphatic carbocycles. The zero-order valence-corrected chi connectivity index (χ0v) is 18.8. The molecule has 0 aromatic heterocycles. The van der Waals surface area contributed by atoms with Gasteiger partial charge in [-0.25, -0.2) is 9.29 Å². The summed E-state index contributed by atoms with van der Waals surface area (Å²) in [5, 5.41) is 3.17. The van der Waals surface area contributed by atoms with Gasteiger partial charge in [-0.3, -0.25) is 9.59 Å². The summed E-state index contributed by atoms with van der Waals surface area (Å²) in [4.78, 5) is 28.2. The third-order valence-corrected chi connectivity index (χ3v) is 5.41. The van der Waals surface area contributed by atoms with Gasteiger partial charge in [0, 0.05) is 11.8 Å². The normalized spacial score (nSPS) is 13.6. The number of nitrogens with zero attached hydrogens (tertiary/aromatic N) is 1. The van der Waals surface area contributed by atoms with E-state index in [1.807, 2.05) is 39.0 Å². The average Bonchev–Trinajstić information content (AvgIpc) is 3.04. The highest BCUT2D eigenvalue weighted by molar-refractivity contribution is 6.46. The molecule has 3 aromatic rings. The Labute approximate surface area is 192 Å². The van der Waals surface area contributed by atoms with Gasteiger partial charge in [-0.15, -0.1) is 0 Å². The van der Waals surface area contributed by atoms with Gasteiger partial charge in [0.15, 0.2) is 0 Å². The number of anilines is 2. The van der Waals surface area contributed by atoms with Crippen LogP contribution in [0.5, 0.6) is 5.75 Å². The molecule has 6 heteroatoms. The summed E-state index contributed by atoms with van der Waals surface area (Å²) in [6, 6.07) is 18.3. The first-order valence-corrected chi connectivity index (χ1v) is 10.8. The van der Waals surface area contributed by atoms with Crippen LogP contribution in [0.2, 0.25) is 0 Å². The molecule has 3 aromatic carbocycles. The number of hydrogen-bond donors (Lipinski definition) is 1. The number of nitrogens with one attached hydrogen (secondary N) is 1. The highest BCUT2D eigenvalue weighted by atomic mass is 19.1. The summed E-state index contributed by atoms with van der Waals surface area (Å²) in [7, 11) is 0. The zero-order valence-electron chi connectivity index (χ0n) is 18.8. The van der Waals surface area contributed by atoms with E-state index in [0.29, 0.717) is 23.6 Å². The van der Waals surface area contributed by atoms with E-state index >= 15 is 0 Å². The molecular weight excluding hydrogens is 419 g/mol. The Kier molecular flexibility index (Phi) is 6.27. The van der Waals surface area contributed by atoms with Crippen LogP contribution in [0.1, 0.15) is 30.0 Å². The highest BCUT2D eigenvalue weighted by Crippen LogP contribution is 2.35. The second-order valence-electron chi connectivity index (χ2n) is 7.99. The maximum absolute atomic E-state index is 13.6. The number of carbonyl (C=O) groups is 2. The molecule has 0 atom stereocenters. The molecule has 0 saturated heterocycles. The van der Waals surface area contributed by atoms with Crippen molar-refractivity contribution in [2.45, 2.75) is 27.2 Å². The number of imide groups is 1. The predicted molar refractivity (Wildman–Crippen MR) is 128 cm³/mol. The minimum absolute atomic E-state index is 0.151. The molecule has 168 valence electrons. The van der Waals surface area contributed by atoms with Gasteiger partial charge in [0.05, 0.1) is 17.9 Å². The first kappa shape index (κ1) is 22.3. The lowest BCUT2D eigenvalue weighted by Gasteiger charge is -2.17. The third kappa shape index (κ3) is 4.51. The maximum Gasteiger partial charge on any atom is 0.282 e. The van der Waals surface area contributed by atoms with Crippen molar-refractivity contribution >= 4 is 28.8 Å². The van der Waals surface area contributed by atoms with Crippen LogP contribution in [0.3, 0.4) is 0 Å². The van der Waals surface area contributed by atoms with Crippen molar-refractivity contribution in [1.29, 1.82) is 0 Å². The SMILES string of the molecule is CCCOc1cccc(N2C(=O)C(Nc3ccc(C)cc3C)=C(c3ccc(F)cc3)C2=O)c1. The molecule has 1 N–H and O–H groups in total. The van der Waals surface area contributed by atoms with Gasteiger partial charge >= 0.3 is 0 Å². The Hall–Kier alpha value is -3.93. The van der Waals surface area contributed by atoms with Crippen molar-refractivity contribution in [2.75, 3.05) is 16.8 Å². The Balaban J connectivity index is 1.78. The fraction of sp³-hybridized carbons (Fsp3) is 0.185. The third-order valence-electron chi connectivity index (χ3n) is 5.41. The zero-order chi connectivity index (χ0) is 23.5. The molecule has 5 nitrogen and oxygen atoms in total. The number of amides is 2. The van der Waals surface area contributed by atoms with Crippen LogP contribution in [-0.2, 0) is 9.59 Å². The van der Waals surface area contributed by atoms with Crippen LogP contribution < -0.4 is 15.0 Å². The number of halogens is 1. The molecule has 4 rings (SSSR count). The van der Waals surface area contributed by atoms with E-state index in [4.69, 9.17) is 4.74 Å². The lowest BCUT2D eigenvalue weighted by molar-refractivity contribution is -0.120. The number of ether oxygens (including phenoxy) is 1. The van der Waals surface area contributed by atoms with Gasteiger partial charge in [-0.1, -0.05) is 42.8 Å². The smallest absolute Gasteiger partial charge is 0.282 e. The quantitative estimate of drug-likeness (QED) is 0.480. The second-order valence-corrected chi connectivity index (χ2v) is 7.99. The standard InChI is InChI=1S/C27H25FN2O3/c1-4-14-33-22-7-5-6-21(16-22)30-26(31)24(19-9-11-20(28)12-10-19)25(27(30)32)29-23-13-8-17(2)15-18(23)3/h5-13,15-16,29H,4,14H2,1-3H3. The maximum atomic E-state index is 13.6. The minimum Gasteiger partial charge on any atom is -0.494 e. The van der Waals surface area contributed by atoms with Crippen molar-refractivity contribution < 1.29 is 18.7 Å². The van der Waals surface area contributed by atoms with Crippen LogP contribution in [0, 0.1) is 19.7 Å². The lowest BCUT2D eigenvalue weighted by Crippen LogP contribution is -2.32. The Bertz CT molecular complexity index is 1250. The summed E-state index contributed by atoms with van der Waals surface area (Å²) in [5.74, 6) is -0.801. The fourth-order valence-electron chi connectivity index (χ4n) is 3.79. The van der Waals surface area contributed by atoms with Crippen LogP contribution in [0.25, 0.3) is 5.57 Å². The summed E-state index contributed by atoms with van der Waals surface area (Å²) < 4.78 is 19.2. The number of aryl methyl sites for hydroxylation is 2. The Morgan fingerprint density at radius 1 is 0.939 bits per heavy atom. The molecule has 1 heterocycles. The van der Waals surface area contributed by atoms with Gasteiger partial charge in [-0.2, -0.15) is 0 Å². The monoisotopic (exact) mass is 444 g/mol. The largest absolute Gasteiger partial charge is 0.494 e. The van der Waals surface area contributed by atoms with E-state index in [1.165, 1.54) is 24.3 Å². The molecule has 2 amide bonds. The number of benzene rings is 3. The number of hydrogen-bond acceptors (Lipinski definition) is 4. The van der Waals surface area contributed by atoms with Crippen molar-refractivity contribution in [3.8, 4) is 5.75 Å². The van der Waals surface area contributed by atoms with Gasteiger partial charge < -0.3 is 10.1 Å². The first-order chi connectivity index (χ1) is 15.9. The molecule has 1 aliphatic rings. The van der Waals surface area contributed by atoms with Crippen molar-refractivity contribution in [1.82, 2.24) is 0 Å².